The number of pyridine rings is 1. The molecule has 2 rings (SSSR count). The van der Waals surface area contributed by atoms with Crippen molar-refractivity contribution in [1.82, 2.24) is 10.3 Å². The monoisotopic (exact) mass is 287 g/mol. The number of hydrogen-bond donors (Lipinski definition) is 1. The van der Waals surface area contributed by atoms with Crippen molar-refractivity contribution in [3.8, 4) is 0 Å². The van der Waals surface area contributed by atoms with Gasteiger partial charge in [-0.2, -0.15) is 0 Å². The van der Waals surface area contributed by atoms with Gasteiger partial charge in [-0.05, 0) is 17.7 Å². The molecule has 0 aliphatic rings. The van der Waals surface area contributed by atoms with Gasteiger partial charge in [-0.25, -0.2) is 9.37 Å². The zero-order valence-electron chi connectivity index (χ0n) is 12.8. The van der Waals surface area contributed by atoms with E-state index >= 15 is 0 Å². The number of benzene rings is 1. The Morgan fingerprint density at radius 1 is 1.19 bits per heavy atom. The molecule has 1 aromatic carbocycles. The maximum Gasteiger partial charge on any atom is 0.128 e. The van der Waals surface area contributed by atoms with Crippen LogP contribution in [0.2, 0.25) is 0 Å². The van der Waals surface area contributed by atoms with Crippen molar-refractivity contribution < 1.29 is 4.39 Å². The first-order valence-electron chi connectivity index (χ1n) is 7.19. The molecule has 0 bridgehead atoms. The Bertz CT molecular complexity index is 567. The fraction of sp³-hybridized carbons (Fsp3) is 0.353. The zero-order chi connectivity index (χ0) is 15.2. The Kier molecular flexibility index (Phi) is 5.28. The summed E-state index contributed by atoms with van der Waals surface area (Å²) in [6.07, 6.45) is 1.86. The van der Waals surface area contributed by atoms with Crippen LogP contribution < -0.4 is 10.2 Å². The number of rotatable bonds is 6. The van der Waals surface area contributed by atoms with Crippen LogP contribution in [0.5, 0.6) is 0 Å². The lowest BCUT2D eigenvalue weighted by atomic mass is 10.2. The second kappa shape index (κ2) is 7.18. The molecule has 1 N–H and O–H groups in total. The predicted molar refractivity (Wildman–Crippen MR) is 84.7 cm³/mol. The standard InChI is InChI=1S/C17H22FN3/c1-13(2)19-10-14-8-9-17(20-11-14)21(3)12-15-6-4-5-7-16(15)18/h4-9,11,13,19H,10,12H2,1-3H3. The minimum absolute atomic E-state index is 0.179. The number of nitrogens with one attached hydrogen (secondary N) is 1. The molecule has 0 saturated carbocycles. The Morgan fingerprint density at radius 2 is 1.95 bits per heavy atom. The van der Waals surface area contributed by atoms with Gasteiger partial charge in [0.15, 0.2) is 0 Å². The van der Waals surface area contributed by atoms with Crippen molar-refractivity contribution in [1.29, 1.82) is 0 Å². The molecule has 0 fully saturated rings. The minimum Gasteiger partial charge on any atom is -0.355 e. The molecular formula is C17H22FN3. The normalized spacial score (nSPS) is 10.9. The summed E-state index contributed by atoms with van der Waals surface area (Å²) in [5, 5.41) is 3.35. The van der Waals surface area contributed by atoms with Crippen LogP contribution in [0.3, 0.4) is 0 Å². The quantitative estimate of drug-likeness (QED) is 0.883. The van der Waals surface area contributed by atoms with Gasteiger partial charge in [-0.1, -0.05) is 38.1 Å². The summed E-state index contributed by atoms with van der Waals surface area (Å²) in [5.74, 6) is 0.661. The van der Waals surface area contributed by atoms with E-state index in [0.29, 0.717) is 18.2 Å². The van der Waals surface area contributed by atoms with Crippen LogP contribution in [-0.2, 0) is 13.1 Å². The first-order chi connectivity index (χ1) is 10.1. The molecule has 112 valence electrons. The molecular weight excluding hydrogens is 265 g/mol. The molecule has 0 saturated heterocycles. The fourth-order valence-corrected chi connectivity index (χ4v) is 2.03. The molecule has 0 aliphatic heterocycles. The molecule has 2 aromatic rings. The molecule has 0 amide bonds. The average Bonchev–Trinajstić information content (AvgIpc) is 2.48. The Labute approximate surface area is 125 Å². The molecule has 21 heavy (non-hydrogen) atoms. The number of hydrogen-bond acceptors (Lipinski definition) is 3. The Morgan fingerprint density at radius 3 is 2.57 bits per heavy atom. The van der Waals surface area contributed by atoms with Crippen LogP contribution in [0.25, 0.3) is 0 Å². The van der Waals surface area contributed by atoms with E-state index in [9.17, 15) is 4.39 Å². The van der Waals surface area contributed by atoms with Crippen molar-refractivity contribution in [2.24, 2.45) is 0 Å². The van der Waals surface area contributed by atoms with Crippen LogP contribution in [-0.4, -0.2) is 18.1 Å². The van der Waals surface area contributed by atoms with Crippen LogP contribution in [0, 0.1) is 5.82 Å². The molecule has 0 atom stereocenters. The molecule has 1 aromatic heterocycles. The second-order valence-corrected chi connectivity index (χ2v) is 5.51. The second-order valence-electron chi connectivity index (χ2n) is 5.51. The van der Waals surface area contributed by atoms with Gasteiger partial charge in [0.2, 0.25) is 0 Å². The highest BCUT2D eigenvalue weighted by Gasteiger charge is 2.07. The average molecular weight is 287 g/mol. The highest BCUT2D eigenvalue weighted by Crippen LogP contribution is 2.15. The largest absolute Gasteiger partial charge is 0.355 e. The number of nitrogens with zero attached hydrogens (tertiary/aromatic N) is 2. The van der Waals surface area contributed by atoms with Crippen molar-refractivity contribution in [2.45, 2.75) is 33.0 Å². The zero-order valence-corrected chi connectivity index (χ0v) is 12.8. The summed E-state index contributed by atoms with van der Waals surface area (Å²) in [6, 6.07) is 11.3. The lowest BCUT2D eigenvalue weighted by molar-refractivity contribution is 0.588. The highest BCUT2D eigenvalue weighted by atomic mass is 19.1. The van der Waals surface area contributed by atoms with Gasteiger partial charge in [-0.3, -0.25) is 0 Å². The van der Waals surface area contributed by atoms with Crippen molar-refractivity contribution in [3.05, 3.63) is 59.5 Å². The molecule has 1 heterocycles. The van der Waals surface area contributed by atoms with Crippen LogP contribution >= 0.6 is 0 Å². The molecule has 0 unspecified atom stereocenters. The Hall–Kier alpha value is -1.94. The van der Waals surface area contributed by atoms with Crippen LogP contribution in [0.15, 0.2) is 42.6 Å². The summed E-state index contributed by atoms with van der Waals surface area (Å²) < 4.78 is 13.7. The van der Waals surface area contributed by atoms with E-state index in [1.807, 2.05) is 30.3 Å². The molecule has 4 heteroatoms. The van der Waals surface area contributed by atoms with E-state index in [2.05, 4.69) is 30.2 Å². The summed E-state index contributed by atoms with van der Waals surface area (Å²) in [5.41, 5.74) is 1.82. The van der Waals surface area contributed by atoms with Gasteiger partial charge >= 0.3 is 0 Å². The van der Waals surface area contributed by atoms with Gasteiger partial charge in [0.05, 0.1) is 0 Å². The van der Waals surface area contributed by atoms with Gasteiger partial charge in [-0.15, -0.1) is 0 Å². The third-order valence-corrected chi connectivity index (χ3v) is 3.28. The van der Waals surface area contributed by atoms with Crippen LogP contribution in [0.4, 0.5) is 10.2 Å². The third kappa shape index (κ3) is 4.53. The Balaban J connectivity index is 2.00. The summed E-state index contributed by atoms with van der Waals surface area (Å²) in [6.45, 7) is 5.54. The first kappa shape index (κ1) is 15.4. The van der Waals surface area contributed by atoms with Crippen molar-refractivity contribution in [2.75, 3.05) is 11.9 Å². The van der Waals surface area contributed by atoms with Crippen LogP contribution in [0.1, 0.15) is 25.0 Å². The summed E-state index contributed by atoms with van der Waals surface area (Å²) in [7, 11) is 1.92. The van der Waals surface area contributed by atoms with Crippen molar-refractivity contribution in [3.63, 3.8) is 0 Å². The van der Waals surface area contributed by atoms with E-state index in [1.165, 1.54) is 6.07 Å². The van der Waals surface area contributed by atoms with Gasteiger partial charge < -0.3 is 10.2 Å². The van der Waals surface area contributed by atoms with Gasteiger partial charge in [0, 0.05) is 37.9 Å². The maximum atomic E-state index is 13.7. The number of halogens is 1. The van der Waals surface area contributed by atoms with E-state index in [-0.39, 0.29) is 5.82 Å². The smallest absolute Gasteiger partial charge is 0.128 e. The summed E-state index contributed by atoms with van der Waals surface area (Å²) in [4.78, 5) is 6.39. The summed E-state index contributed by atoms with van der Waals surface area (Å²) >= 11 is 0. The fourth-order valence-electron chi connectivity index (χ4n) is 2.03. The lowest BCUT2D eigenvalue weighted by Gasteiger charge is -2.19. The van der Waals surface area contributed by atoms with E-state index < -0.39 is 0 Å². The van der Waals surface area contributed by atoms with Gasteiger partial charge in [0.1, 0.15) is 11.6 Å². The topological polar surface area (TPSA) is 28.2 Å². The molecule has 0 radical (unpaired) electrons. The minimum atomic E-state index is -0.179. The first-order valence-corrected chi connectivity index (χ1v) is 7.19. The molecule has 0 spiro atoms. The maximum absolute atomic E-state index is 13.7. The number of anilines is 1. The SMILES string of the molecule is CC(C)NCc1ccc(N(C)Cc2ccccc2F)nc1. The third-order valence-electron chi connectivity index (χ3n) is 3.28. The van der Waals surface area contributed by atoms with Gasteiger partial charge in [0.25, 0.3) is 0 Å². The molecule has 3 nitrogen and oxygen atoms in total. The van der Waals surface area contributed by atoms with E-state index in [1.54, 1.807) is 12.1 Å². The van der Waals surface area contributed by atoms with Crippen molar-refractivity contribution >= 4 is 5.82 Å². The lowest BCUT2D eigenvalue weighted by Crippen LogP contribution is -2.22. The predicted octanol–water partition coefficient (Wildman–Crippen LogP) is 3.36. The number of aromatic nitrogens is 1. The van der Waals surface area contributed by atoms with E-state index in [0.717, 1.165) is 17.9 Å². The highest BCUT2D eigenvalue weighted by molar-refractivity contribution is 5.39. The molecule has 0 aliphatic carbocycles. The van der Waals surface area contributed by atoms with E-state index in [4.69, 9.17) is 0 Å².